The Morgan fingerprint density at radius 1 is 1.40 bits per heavy atom. The molecule has 0 aromatic heterocycles. The summed E-state index contributed by atoms with van der Waals surface area (Å²) < 4.78 is 14.1. The fourth-order valence-corrected chi connectivity index (χ4v) is 2.51. The molecule has 0 saturated heterocycles. The van der Waals surface area contributed by atoms with E-state index >= 15 is 0 Å². The van der Waals surface area contributed by atoms with E-state index in [1.165, 1.54) is 5.57 Å². The molecular formula is C14H17F. The number of fused-ring (bicyclic) bond motifs is 1. The third kappa shape index (κ3) is 1.83. The highest BCUT2D eigenvalue weighted by molar-refractivity contribution is 5.37. The zero-order valence-electron chi connectivity index (χ0n) is 9.39. The number of allylic oxidation sites excluding steroid dienone is 7. The maximum Gasteiger partial charge on any atom is 0.108 e. The Kier molecular flexibility index (Phi) is 2.41. The van der Waals surface area contributed by atoms with Gasteiger partial charge in [0.15, 0.2) is 0 Å². The Bertz CT molecular complexity index is 380. The summed E-state index contributed by atoms with van der Waals surface area (Å²) in [7, 11) is 0. The molecule has 0 N–H and O–H groups in total. The zero-order valence-corrected chi connectivity index (χ0v) is 9.39. The van der Waals surface area contributed by atoms with Gasteiger partial charge in [-0.05, 0) is 24.3 Å². The topological polar surface area (TPSA) is 0 Å². The summed E-state index contributed by atoms with van der Waals surface area (Å²) in [5, 5.41) is 0. The van der Waals surface area contributed by atoms with Gasteiger partial charge in [-0.2, -0.15) is 0 Å². The van der Waals surface area contributed by atoms with Crippen molar-refractivity contribution >= 4 is 0 Å². The second-order valence-electron chi connectivity index (χ2n) is 5.04. The normalized spacial score (nSPS) is 29.0. The van der Waals surface area contributed by atoms with E-state index in [9.17, 15) is 4.39 Å². The minimum absolute atomic E-state index is 0.0295. The van der Waals surface area contributed by atoms with Gasteiger partial charge in [-0.1, -0.05) is 49.8 Å². The van der Waals surface area contributed by atoms with Crippen LogP contribution in [0.2, 0.25) is 0 Å². The zero-order chi connectivity index (χ0) is 11.1. The predicted octanol–water partition coefficient (Wildman–Crippen LogP) is 4.33. The number of rotatable bonds is 0. The molecule has 1 atom stereocenters. The van der Waals surface area contributed by atoms with Crippen molar-refractivity contribution in [1.29, 1.82) is 0 Å². The maximum absolute atomic E-state index is 14.1. The number of hydrogen-bond acceptors (Lipinski definition) is 0. The van der Waals surface area contributed by atoms with Gasteiger partial charge in [0.2, 0.25) is 0 Å². The lowest BCUT2D eigenvalue weighted by Crippen LogP contribution is -2.25. The van der Waals surface area contributed by atoms with Crippen LogP contribution in [0, 0.1) is 11.3 Å². The molecule has 0 amide bonds. The lowest BCUT2D eigenvalue weighted by atomic mass is 9.71. The summed E-state index contributed by atoms with van der Waals surface area (Å²) in [5.41, 5.74) is 1.99. The molecule has 0 heterocycles. The molecule has 0 fully saturated rings. The van der Waals surface area contributed by atoms with Gasteiger partial charge in [0.1, 0.15) is 5.83 Å². The summed E-state index contributed by atoms with van der Waals surface area (Å²) in [6.45, 7) is 8.04. The van der Waals surface area contributed by atoms with Crippen molar-refractivity contribution in [2.24, 2.45) is 11.3 Å². The molecule has 1 unspecified atom stereocenters. The third-order valence-corrected chi connectivity index (χ3v) is 3.30. The van der Waals surface area contributed by atoms with E-state index in [-0.39, 0.29) is 17.2 Å². The summed E-state index contributed by atoms with van der Waals surface area (Å²) >= 11 is 0. The molecule has 15 heavy (non-hydrogen) atoms. The smallest absolute Gasteiger partial charge is 0.108 e. The second-order valence-corrected chi connectivity index (χ2v) is 5.04. The van der Waals surface area contributed by atoms with E-state index in [0.717, 1.165) is 18.4 Å². The molecule has 0 nitrogen and oxygen atoms in total. The SMILES string of the molecule is C=C1C=C(F)C2C(=CC=CC2(C)C)CC1. The first kappa shape index (κ1) is 10.4. The van der Waals surface area contributed by atoms with Crippen molar-refractivity contribution in [3.63, 3.8) is 0 Å². The number of hydrogen-bond donors (Lipinski definition) is 0. The van der Waals surface area contributed by atoms with Gasteiger partial charge in [0.25, 0.3) is 0 Å². The van der Waals surface area contributed by atoms with Crippen LogP contribution in [-0.4, -0.2) is 0 Å². The molecule has 2 rings (SSSR count). The van der Waals surface area contributed by atoms with Gasteiger partial charge < -0.3 is 0 Å². The van der Waals surface area contributed by atoms with E-state index < -0.39 is 0 Å². The largest absolute Gasteiger partial charge is 0.211 e. The molecule has 0 aromatic rings. The van der Waals surface area contributed by atoms with E-state index in [0.29, 0.717) is 0 Å². The van der Waals surface area contributed by atoms with E-state index in [4.69, 9.17) is 0 Å². The Morgan fingerprint density at radius 3 is 2.87 bits per heavy atom. The van der Waals surface area contributed by atoms with Crippen molar-refractivity contribution in [3.05, 3.63) is 47.9 Å². The van der Waals surface area contributed by atoms with Crippen molar-refractivity contribution in [3.8, 4) is 0 Å². The molecule has 0 aliphatic heterocycles. The fourth-order valence-electron chi connectivity index (χ4n) is 2.51. The highest BCUT2D eigenvalue weighted by atomic mass is 19.1. The maximum atomic E-state index is 14.1. The summed E-state index contributed by atoms with van der Waals surface area (Å²) in [6.07, 6.45) is 9.62. The number of halogens is 1. The first-order chi connectivity index (χ1) is 7.00. The average molecular weight is 204 g/mol. The third-order valence-electron chi connectivity index (χ3n) is 3.30. The first-order valence-corrected chi connectivity index (χ1v) is 5.44. The van der Waals surface area contributed by atoms with E-state index in [1.807, 2.05) is 6.08 Å². The first-order valence-electron chi connectivity index (χ1n) is 5.44. The summed E-state index contributed by atoms with van der Waals surface area (Å²) in [4.78, 5) is 0. The standard InChI is InChI=1S/C14H17F/c1-10-6-7-11-5-4-8-14(2,3)13(11)12(15)9-10/h4-5,8-9,13H,1,6-7H2,2-3H3. The predicted molar refractivity (Wildman–Crippen MR) is 62.1 cm³/mol. The van der Waals surface area contributed by atoms with Gasteiger partial charge >= 0.3 is 0 Å². The van der Waals surface area contributed by atoms with Crippen molar-refractivity contribution < 1.29 is 4.39 Å². The monoisotopic (exact) mass is 204 g/mol. The van der Waals surface area contributed by atoms with Gasteiger partial charge in [0, 0.05) is 5.92 Å². The minimum Gasteiger partial charge on any atom is -0.211 e. The van der Waals surface area contributed by atoms with Crippen molar-refractivity contribution in [1.82, 2.24) is 0 Å². The molecule has 2 aliphatic carbocycles. The highest BCUT2D eigenvalue weighted by Gasteiger charge is 2.36. The average Bonchev–Trinajstić information content (AvgIpc) is 2.25. The molecule has 80 valence electrons. The Morgan fingerprint density at radius 2 is 2.13 bits per heavy atom. The Balaban J connectivity index is 2.46. The molecule has 2 aliphatic rings. The molecule has 0 spiro atoms. The van der Waals surface area contributed by atoms with Crippen LogP contribution in [0.25, 0.3) is 0 Å². The van der Waals surface area contributed by atoms with Crippen LogP contribution in [0.3, 0.4) is 0 Å². The Labute approximate surface area is 90.9 Å². The van der Waals surface area contributed by atoms with Crippen molar-refractivity contribution in [2.45, 2.75) is 26.7 Å². The van der Waals surface area contributed by atoms with Gasteiger partial charge in [-0.3, -0.25) is 0 Å². The molecule has 1 heteroatoms. The second kappa shape index (κ2) is 3.48. The van der Waals surface area contributed by atoms with Crippen LogP contribution in [0.1, 0.15) is 26.7 Å². The van der Waals surface area contributed by atoms with E-state index in [1.54, 1.807) is 6.08 Å². The highest BCUT2D eigenvalue weighted by Crippen LogP contribution is 2.45. The van der Waals surface area contributed by atoms with Gasteiger partial charge in [-0.25, -0.2) is 4.39 Å². The van der Waals surface area contributed by atoms with Crippen LogP contribution in [0.15, 0.2) is 47.9 Å². The van der Waals surface area contributed by atoms with Gasteiger partial charge in [0.05, 0.1) is 0 Å². The Hall–Kier alpha value is -1.11. The fraction of sp³-hybridized carbons (Fsp3) is 0.429. The molecule has 0 aromatic carbocycles. The van der Waals surface area contributed by atoms with Crippen LogP contribution in [-0.2, 0) is 0 Å². The van der Waals surface area contributed by atoms with Crippen LogP contribution < -0.4 is 0 Å². The van der Waals surface area contributed by atoms with Crippen LogP contribution in [0.5, 0.6) is 0 Å². The molecule has 0 radical (unpaired) electrons. The van der Waals surface area contributed by atoms with E-state index in [2.05, 4.69) is 32.6 Å². The molecule has 0 bridgehead atoms. The molecular weight excluding hydrogens is 187 g/mol. The van der Waals surface area contributed by atoms with Crippen LogP contribution >= 0.6 is 0 Å². The minimum atomic E-state index is -0.116. The molecule has 0 saturated carbocycles. The van der Waals surface area contributed by atoms with Crippen LogP contribution in [0.4, 0.5) is 4.39 Å². The van der Waals surface area contributed by atoms with Gasteiger partial charge in [-0.15, -0.1) is 0 Å². The van der Waals surface area contributed by atoms with Crippen molar-refractivity contribution in [2.75, 3.05) is 0 Å². The summed E-state index contributed by atoms with van der Waals surface area (Å²) in [6, 6.07) is 0. The lowest BCUT2D eigenvalue weighted by molar-refractivity contribution is 0.313. The summed E-state index contributed by atoms with van der Waals surface area (Å²) in [5.74, 6) is -0.111. The lowest BCUT2D eigenvalue weighted by Gasteiger charge is -2.34. The quantitative estimate of drug-likeness (QED) is 0.551.